The highest BCUT2D eigenvalue weighted by molar-refractivity contribution is 5.46. The minimum atomic E-state index is -0.627. The van der Waals surface area contributed by atoms with Crippen LogP contribution in [-0.2, 0) is 11.3 Å². The van der Waals surface area contributed by atoms with Gasteiger partial charge in [0.05, 0.1) is 22.5 Å². The molecule has 1 aliphatic rings. The van der Waals surface area contributed by atoms with E-state index in [0.29, 0.717) is 18.1 Å². The summed E-state index contributed by atoms with van der Waals surface area (Å²) in [6.45, 7) is 4.77. The van der Waals surface area contributed by atoms with Crippen LogP contribution >= 0.6 is 0 Å². The Morgan fingerprint density at radius 2 is 1.52 bits per heavy atom. The molecule has 0 saturated heterocycles. The normalized spacial score (nSPS) is 14.7. The molecule has 0 amide bonds. The summed E-state index contributed by atoms with van der Waals surface area (Å²) < 4.78 is 5.58. The molecule has 1 aromatic rings. The first kappa shape index (κ1) is 19.0. The summed E-state index contributed by atoms with van der Waals surface area (Å²) in [7, 11) is 0. The van der Waals surface area contributed by atoms with Gasteiger partial charge >= 0.3 is 0 Å². The van der Waals surface area contributed by atoms with Gasteiger partial charge in [-0.25, -0.2) is 0 Å². The van der Waals surface area contributed by atoms with Gasteiger partial charge in [0.25, 0.3) is 11.4 Å². The minimum absolute atomic E-state index is 0.166. The molecule has 0 heterocycles. The van der Waals surface area contributed by atoms with E-state index in [2.05, 4.69) is 0 Å². The lowest BCUT2D eigenvalue weighted by molar-refractivity contribution is -0.394. The highest BCUT2D eigenvalue weighted by Crippen LogP contribution is 2.25. The molecule has 0 radical (unpaired) electrons. The first-order valence-corrected chi connectivity index (χ1v) is 8.07. The van der Waals surface area contributed by atoms with Crippen molar-refractivity contribution in [2.75, 3.05) is 6.61 Å². The van der Waals surface area contributed by atoms with Crippen molar-refractivity contribution >= 4 is 11.4 Å². The van der Waals surface area contributed by atoms with E-state index in [4.69, 9.17) is 4.74 Å². The van der Waals surface area contributed by atoms with E-state index in [1.807, 2.05) is 13.8 Å². The molecule has 0 N–H and O–H groups in total. The molecule has 0 unspecified atom stereocenters. The summed E-state index contributed by atoms with van der Waals surface area (Å²) in [6.07, 6.45) is 6.00. The average Bonchev–Trinajstić information content (AvgIpc) is 2.57. The largest absolute Gasteiger partial charge is 0.376 e. The summed E-state index contributed by atoms with van der Waals surface area (Å²) in [5.41, 5.74) is -0.0901. The minimum Gasteiger partial charge on any atom is -0.376 e. The number of hydrogen-bond acceptors (Lipinski definition) is 5. The summed E-state index contributed by atoms with van der Waals surface area (Å²) in [6, 6.07) is 3.62. The van der Waals surface area contributed by atoms with Crippen LogP contribution in [0.3, 0.4) is 0 Å². The van der Waals surface area contributed by atoms with Crippen LogP contribution in [0.2, 0.25) is 0 Å². The Bertz CT molecular complexity index is 495. The van der Waals surface area contributed by atoms with Crippen molar-refractivity contribution < 1.29 is 14.6 Å². The average molecular weight is 324 g/mol. The van der Waals surface area contributed by atoms with Crippen LogP contribution in [0.1, 0.15) is 51.5 Å². The van der Waals surface area contributed by atoms with Crippen molar-refractivity contribution in [3.05, 3.63) is 44.0 Å². The number of nitro groups is 2. The van der Waals surface area contributed by atoms with Gasteiger partial charge in [-0.2, -0.15) is 0 Å². The number of hydrogen-bond donors (Lipinski definition) is 0. The highest BCUT2D eigenvalue weighted by atomic mass is 16.6. The van der Waals surface area contributed by atoms with E-state index in [1.54, 1.807) is 0 Å². The molecule has 1 fully saturated rings. The number of ether oxygens (including phenoxy) is 1. The molecule has 128 valence electrons. The van der Waals surface area contributed by atoms with Crippen molar-refractivity contribution in [3.63, 3.8) is 0 Å². The maximum atomic E-state index is 10.8. The van der Waals surface area contributed by atoms with Gasteiger partial charge < -0.3 is 4.74 Å². The van der Waals surface area contributed by atoms with Gasteiger partial charge in [0.1, 0.15) is 0 Å². The molecule has 0 bridgehead atoms. The molecule has 1 aromatic carbocycles. The van der Waals surface area contributed by atoms with E-state index in [-0.39, 0.29) is 18.0 Å². The first-order valence-electron chi connectivity index (χ1n) is 8.07. The van der Waals surface area contributed by atoms with Crippen molar-refractivity contribution in [3.8, 4) is 0 Å². The Kier molecular flexibility index (Phi) is 8.18. The molecule has 7 heteroatoms. The van der Waals surface area contributed by atoms with E-state index in [9.17, 15) is 20.2 Å². The Morgan fingerprint density at radius 1 is 1.00 bits per heavy atom. The quantitative estimate of drug-likeness (QED) is 0.561. The van der Waals surface area contributed by atoms with Crippen LogP contribution in [0.4, 0.5) is 11.4 Å². The fourth-order valence-electron chi connectivity index (χ4n) is 2.65. The molecule has 0 aromatic heterocycles. The van der Waals surface area contributed by atoms with Gasteiger partial charge in [-0.3, -0.25) is 20.2 Å². The van der Waals surface area contributed by atoms with Crippen molar-refractivity contribution in [1.29, 1.82) is 0 Å². The van der Waals surface area contributed by atoms with E-state index < -0.39 is 9.85 Å². The third kappa shape index (κ3) is 6.32. The van der Waals surface area contributed by atoms with E-state index >= 15 is 0 Å². The predicted octanol–water partition coefficient (Wildman–Crippen LogP) is 4.63. The number of non-ortho nitro benzene ring substituents is 2. The molecule has 1 saturated carbocycles. The second kappa shape index (κ2) is 9.89. The summed E-state index contributed by atoms with van der Waals surface area (Å²) in [5, 5.41) is 21.6. The molecule has 1 aliphatic carbocycles. The van der Waals surface area contributed by atoms with Crippen molar-refractivity contribution in [2.24, 2.45) is 5.92 Å². The maximum absolute atomic E-state index is 10.8. The Hall–Kier alpha value is -2.02. The summed E-state index contributed by atoms with van der Waals surface area (Å²) in [4.78, 5) is 20.3. The molecule has 0 spiro atoms. The zero-order valence-corrected chi connectivity index (χ0v) is 13.7. The van der Waals surface area contributed by atoms with Gasteiger partial charge in [0, 0.05) is 18.7 Å². The Balaban J connectivity index is 0.00000127. The first-order chi connectivity index (χ1) is 11.1. The third-order valence-electron chi connectivity index (χ3n) is 3.73. The second-order valence-corrected chi connectivity index (χ2v) is 5.39. The molecular weight excluding hydrogens is 300 g/mol. The van der Waals surface area contributed by atoms with E-state index in [0.717, 1.165) is 18.9 Å². The summed E-state index contributed by atoms with van der Waals surface area (Å²) >= 11 is 0. The van der Waals surface area contributed by atoms with Crippen LogP contribution in [0, 0.1) is 26.1 Å². The lowest BCUT2D eigenvalue weighted by Gasteiger charge is -2.21. The second-order valence-electron chi connectivity index (χ2n) is 5.39. The van der Waals surface area contributed by atoms with Crippen LogP contribution < -0.4 is 0 Å². The molecule has 0 aliphatic heterocycles. The maximum Gasteiger partial charge on any atom is 0.276 e. The van der Waals surface area contributed by atoms with Crippen LogP contribution in [0.25, 0.3) is 0 Å². The van der Waals surface area contributed by atoms with Crippen molar-refractivity contribution in [2.45, 2.75) is 52.6 Å². The molecule has 7 nitrogen and oxygen atoms in total. The third-order valence-corrected chi connectivity index (χ3v) is 3.73. The lowest BCUT2D eigenvalue weighted by atomic mass is 9.90. The molecule has 2 rings (SSSR count). The van der Waals surface area contributed by atoms with Crippen LogP contribution in [0.5, 0.6) is 0 Å². The SMILES string of the molecule is CC.O=[N+]([O-])c1cc(COCC2CCCCC2)cc([N+](=O)[O-])c1. The number of nitro benzene ring substituents is 2. The topological polar surface area (TPSA) is 95.5 Å². The summed E-state index contributed by atoms with van der Waals surface area (Å²) in [5.74, 6) is 0.535. The Labute approximate surface area is 136 Å². The molecular formula is C16H24N2O5. The number of rotatable bonds is 6. The van der Waals surface area contributed by atoms with E-state index in [1.165, 1.54) is 31.4 Å². The van der Waals surface area contributed by atoms with Gasteiger partial charge in [0.15, 0.2) is 0 Å². The van der Waals surface area contributed by atoms with Gasteiger partial charge in [-0.1, -0.05) is 33.1 Å². The predicted molar refractivity (Wildman–Crippen MR) is 87.3 cm³/mol. The monoisotopic (exact) mass is 324 g/mol. The van der Waals surface area contributed by atoms with Gasteiger partial charge in [-0.05, 0) is 24.3 Å². The lowest BCUT2D eigenvalue weighted by Crippen LogP contribution is -2.13. The zero-order valence-electron chi connectivity index (χ0n) is 13.7. The standard InChI is InChI=1S/C14H18N2O5.C2H6/c17-15(18)13-6-12(7-14(8-13)16(19)20)10-21-9-11-4-2-1-3-5-11;1-2/h6-8,11H,1-5,9-10H2;1-2H3. The molecule has 23 heavy (non-hydrogen) atoms. The van der Waals surface area contributed by atoms with Crippen molar-refractivity contribution in [1.82, 2.24) is 0 Å². The van der Waals surface area contributed by atoms with Gasteiger partial charge in [-0.15, -0.1) is 0 Å². The molecule has 0 atom stereocenters. The zero-order chi connectivity index (χ0) is 17.2. The van der Waals surface area contributed by atoms with Crippen LogP contribution in [-0.4, -0.2) is 16.5 Å². The van der Waals surface area contributed by atoms with Gasteiger partial charge in [0.2, 0.25) is 0 Å². The fourth-order valence-corrected chi connectivity index (χ4v) is 2.65. The smallest absolute Gasteiger partial charge is 0.276 e. The number of nitrogens with zero attached hydrogens (tertiary/aromatic N) is 2. The Morgan fingerprint density at radius 3 is 2.00 bits per heavy atom. The number of benzene rings is 1. The highest BCUT2D eigenvalue weighted by Gasteiger charge is 2.17. The van der Waals surface area contributed by atoms with Crippen LogP contribution in [0.15, 0.2) is 18.2 Å². The fraction of sp³-hybridized carbons (Fsp3) is 0.625.